The molecule has 0 radical (unpaired) electrons. The van der Waals surface area contributed by atoms with Crippen molar-refractivity contribution in [2.45, 2.75) is 65.5 Å². The van der Waals surface area contributed by atoms with E-state index in [1.807, 2.05) is 6.92 Å². The number of carbonyl (C=O) groups excluding carboxylic acids is 2. The van der Waals surface area contributed by atoms with E-state index in [2.05, 4.69) is 26.1 Å². The fourth-order valence-corrected chi connectivity index (χ4v) is 2.71. The van der Waals surface area contributed by atoms with Crippen LogP contribution in [0.5, 0.6) is 0 Å². The molecule has 1 heterocycles. The number of hydrogen-bond donors (Lipinski definition) is 1. The van der Waals surface area contributed by atoms with Crippen molar-refractivity contribution in [2.24, 2.45) is 5.92 Å². The van der Waals surface area contributed by atoms with Gasteiger partial charge in [-0.1, -0.05) is 27.7 Å². The van der Waals surface area contributed by atoms with Crippen LogP contribution in [0.4, 0.5) is 0 Å². The van der Waals surface area contributed by atoms with Crippen molar-refractivity contribution in [3.8, 4) is 0 Å². The molecule has 1 saturated heterocycles. The smallest absolute Gasteiger partial charge is 0.245 e. The number of nitrogens with one attached hydrogen (secondary N) is 1. The Hall–Kier alpha value is -1.10. The van der Waals surface area contributed by atoms with Gasteiger partial charge in [0.2, 0.25) is 11.8 Å². The Morgan fingerprint density at radius 1 is 1.24 bits per heavy atom. The van der Waals surface area contributed by atoms with Crippen LogP contribution in [0.3, 0.4) is 0 Å². The summed E-state index contributed by atoms with van der Waals surface area (Å²) in [5.74, 6) is 0.426. The van der Waals surface area contributed by atoms with Crippen molar-refractivity contribution in [3.63, 3.8) is 0 Å². The molecule has 0 aliphatic carbocycles. The summed E-state index contributed by atoms with van der Waals surface area (Å²) in [5.41, 5.74) is 0. The van der Waals surface area contributed by atoms with Gasteiger partial charge >= 0.3 is 0 Å². The molecule has 5 nitrogen and oxygen atoms in total. The SMILES string of the molecule is CCCOCCCN1C(=O)C(CC(C)C)NC(=O)C1CC. The Labute approximate surface area is 128 Å². The lowest BCUT2D eigenvalue weighted by molar-refractivity contribution is -0.150. The number of rotatable bonds is 9. The topological polar surface area (TPSA) is 58.6 Å². The summed E-state index contributed by atoms with van der Waals surface area (Å²) in [6, 6.07) is -0.691. The second-order valence-corrected chi connectivity index (χ2v) is 6.11. The molecule has 122 valence electrons. The maximum atomic E-state index is 12.6. The second kappa shape index (κ2) is 9.03. The van der Waals surface area contributed by atoms with Crippen LogP contribution in [0.25, 0.3) is 0 Å². The van der Waals surface area contributed by atoms with E-state index in [9.17, 15) is 9.59 Å². The third-order valence-corrected chi connectivity index (χ3v) is 3.71. The van der Waals surface area contributed by atoms with E-state index < -0.39 is 0 Å². The van der Waals surface area contributed by atoms with Crippen LogP contribution in [0.2, 0.25) is 0 Å². The van der Waals surface area contributed by atoms with Crippen LogP contribution in [0.15, 0.2) is 0 Å². The van der Waals surface area contributed by atoms with Crippen LogP contribution >= 0.6 is 0 Å². The number of amides is 2. The van der Waals surface area contributed by atoms with Crippen molar-refractivity contribution < 1.29 is 14.3 Å². The third kappa shape index (κ3) is 5.30. The molecule has 0 aromatic rings. The van der Waals surface area contributed by atoms with Crippen molar-refractivity contribution in [3.05, 3.63) is 0 Å². The quantitative estimate of drug-likeness (QED) is 0.662. The highest BCUT2D eigenvalue weighted by Crippen LogP contribution is 2.18. The van der Waals surface area contributed by atoms with E-state index in [-0.39, 0.29) is 23.9 Å². The zero-order valence-electron chi connectivity index (χ0n) is 13.9. The average Bonchev–Trinajstić information content (AvgIpc) is 2.42. The minimum Gasteiger partial charge on any atom is -0.381 e. The lowest BCUT2D eigenvalue weighted by Gasteiger charge is -2.39. The summed E-state index contributed by atoms with van der Waals surface area (Å²) in [4.78, 5) is 26.5. The Bertz CT molecular complexity index is 344. The summed E-state index contributed by atoms with van der Waals surface area (Å²) in [6.45, 7) is 10.1. The fraction of sp³-hybridized carbons (Fsp3) is 0.875. The van der Waals surface area contributed by atoms with E-state index >= 15 is 0 Å². The molecule has 0 aromatic heterocycles. The first-order valence-electron chi connectivity index (χ1n) is 8.19. The first-order chi connectivity index (χ1) is 10.0. The molecule has 0 saturated carbocycles. The zero-order chi connectivity index (χ0) is 15.8. The van der Waals surface area contributed by atoms with Gasteiger partial charge in [-0.05, 0) is 31.6 Å². The van der Waals surface area contributed by atoms with E-state index in [1.54, 1.807) is 4.90 Å². The molecule has 1 N–H and O–H groups in total. The first-order valence-corrected chi connectivity index (χ1v) is 8.19. The fourth-order valence-electron chi connectivity index (χ4n) is 2.71. The van der Waals surface area contributed by atoms with Crippen molar-refractivity contribution in [1.29, 1.82) is 0 Å². The highest BCUT2D eigenvalue weighted by atomic mass is 16.5. The molecule has 2 amide bonds. The standard InChI is InChI=1S/C16H30N2O3/c1-5-9-21-10-7-8-18-14(6-2)15(19)17-13(16(18)20)11-12(3)4/h12-14H,5-11H2,1-4H3,(H,17,19). The normalized spacial score (nSPS) is 22.8. The van der Waals surface area contributed by atoms with Gasteiger partial charge in [0.1, 0.15) is 12.1 Å². The van der Waals surface area contributed by atoms with Gasteiger partial charge in [-0.25, -0.2) is 0 Å². The molecule has 1 aliphatic heterocycles. The lowest BCUT2D eigenvalue weighted by Crippen LogP contribution is -2.63. The Balaban J connectivity index is 2.61. The van der Waals surface area contributed by atoms with Gasteiger partial charge in [0, 0.05) is 19.8 Å². The Morgan fingerprint density at radius 2 is 1.95 bits per heavy atom. The molecule has 1 fully saturated rings. The number of nitrogens with zero attached hydrogens (tertiary/aromatic N) is 1. The molecule has 2 atom stereocenters. The van der Waals surface area contributed by atoms with Crippen LogP contribution in [0, 0.1) is 5.92 Å². The summed E-state index contributed by atoms with van der Waals surface area (Å²) >= 11 is 0. The van der Waals surface area contributed by atoms with Crippen LogP contribution < -0.4 is 5.32 Å². The maximum Gasteiger partial charge on any atom is 0.245 e. The third-order valence-electron chi connectivity index (χ3n) is 3.71. The zero-order valence-corrected chi connectivity index (χ0v) is 13.9. The molecule has 2 unspecified atom stereocenters. The maximum absolute atomic E-state index is 12.6. The summed E-state index contributed by atoms with van der Waals surface area (Å²) < 4.78 is 5.46. The van der Waals surface area contributed by atoms with E-state index in [0.29, 0.717) is 31.9 Å². The van der Waals surface area contributed by atoms with Gasteiger partial charge in [0.05, 0.1) is 0 Å². The van der Waals surface area contributed by atoms with E-state index in [4.69, 9.17) is 4.74 Å². The van der Waals surface area contributed by atoms with Crippen molar-refractivity contribution in [2.75, 3.05) is 19.8 Å². The minimum absolute atomic E-state index is 0.0165. The van der Waals surface area contributed by atoms with Gasteiger partial charge in [-0.2, -0.15) is 0 Å². The molecule has 0 spiro atoms. The molecule has 5 heteroatoms. The molecule has 0 aromatic carbocycles. The van der Waals surface area contributed by atoms with E-state index in [0.717, 1.165) is 19.4 Å². The largest absolute Gasteiger partial charge is 0.381 e. The molecule has 1 rings (SSSR count). The molecule has 21 heavy (non-hydrogen) atoms. The monoisotopic (exact) mass is 298 g/mol. The summed E-state index contributed by atoms with van der Waals surface area (Å²) in [5, 5.41) is 2.88. The predicted octanol–water partition coefficient (Wildman–Crippen LogP) is 1.95. The van der Waals surface area contributed by atoms with Gasteiger partial charge in [-0.15, -0.1) is 0 Å². The van der Waals surface area contributed by atoms with Gasteiger partial charge in [0.15, 0.2) is 0 Å². The van der Waals surface area contributed by atoms with E-state index in [1.165, 1.54) is 0 Å². The molecule has 1 aliphatic rings. The van der Waals surface area contributed by atoms with Crippen LogP contribution in [-0.2, 0) is 14.3 Å². The highest BCUT2D eigenvalue weighted by Gasteiger charge is 2.39. The number of carbonyl (C=O) groups is 2. The van der Waals surface area contributed by atoms with Crippen molar-refractivity contribution >= 4 is 11.8 Å². The van der Waals surface area contributed by atoms with Crippen molar-refractivity contribution in [1.82, 2.24) is 10.2 Å². The van der Waals surface area contributed by atoms with Gasteiger partial charge in [-0.3, -0.25) is 9.59 Å². The first kappa shape index (κ1) is 18.0. The molecule has 0 bridgehead atoms. The Kier molecular flexibility index (Phi) is 7.72. The summed E-state index contributed by atoms with van der Waals surface area (Å²) in [6.07, 6.45) is 3.13. The van der Waals surface area contributed by atoms with Gasteiger partial charge < -0.3 is 15.0 Å². The molecular formula is C16H30N2O3. The van der Waals surface area contributed by atoms with Crippen LogP contribution in [0.1, 0.15) is 53.4 Å². The van der Waals surface area contributed by atoms with Gasteiger partial charge in [0.25, 0.3) is 0 Å². The average molecular weight is 298 g/mol. The lowest BCUT2D eigenvalue weighted by atomic mass is 9.97. The number of piperazine rings is 1. The second-order valence-electron chi connectivity index (χ2n) is 6.11. The molecular weight excluding hydrogens is 268 g/mol. The predicted molar refractivity (Wildman–Crippen MR) is 82.9 cm³/mol. The minimum atomic E-state index is -0.364. The number of hydrogen-bond acceptors (Lipinski definition) is 3. The van der Waals surface area contributed by atoms with Crippen LogP contribution in [-0.4, -0.2) is 48.6 Å². The number of ether oxygens (including phenoxy) is 1. The summed E-state index contributed by atoms with van der Waals surface area (Å²) in [7, 11) is 0. The Morgan fingerprint density at radius 3 is 2.52 bits per heavy atom. The highest BCUT2D eigenvalue weighted by molar-refractivity contribution is 5.96.